The third kappa shape index (κ3) is 5.93. The molecule has 0 aromatic heterocycles. The van der Waals surface area contributed by atoms with E-state index >= 15 is 0 Å². The van der Waals surface area contributed by atoms with Gasteiger partial charge >= 0.3 is 0 Å². The smallest absolute Gasteiger partial charge is 0.296 e. The molecule has 0 saturated carbocycles. The minimum atomic E-state index is -5.33. The molecule has 0 fully saturated rings. The number of nitrogens with zero attached hydrogens (tertiary/aromatic N) is 2. The lowest BCUT2D eigenvalue weighted by atomic mass is 10.1. The van der Waals surface area contributed by atoms with Gasteiger partial charge in [0.2, 0.25) is 0 Å². The zero-order valence-electron chi connectivity index (χ0n) is 18.9. The van der Waals surface area contributed by atoms with Gasteiger partial charge in [-0.05, 0) is 48.2 Å². The van der Waals surface area contributed by atoms with Crippen molar-refractivity contribution in [3.05, 3.63) is 36.4 Å². The number of benzene rings is 3. The van der Waals surface area contributed by atoms with Crippen molar-refractivity contribution in [2.45, 2.75) is 32.9 Å². The normalized spacial score (nSPS) is 13.4. The molecule has 0 atom stereocenters. The van der Waals surface area contributed by atoms with E-state index in [1.54, 1.807) is 6.92 Å². The maximum Gasteiger partial charge on any atom is 0.296 e. The van der Waals surface area contributed by atoms with Crippen molar-refractivity contribution in [1.82, 2.24) is 0 Å². The first-order valence-electron chi connectivity index (χ1n) is 10.0. The molecule has 0 aliphatic rings. The summed E-state index contributed by atoms with van der Waals surface area (Å²) in [4.78, 5) is -3.90. The number of phenols is 2. The van der Waals surface area contributed by atoms with Gasteiger partial charge in [-0.25, -0.2) is 8.42 Å². The number of hydrogen-bond acceptors (Lipinski definition) is 12. The number of hydrogen-bond donors (Lipinski definition) is 5. The van der Waals surface area contributed by atoms with Gasteiger partial charge in [0.05, 0.1) is 15.5 Å². The standard InChI is InChI=1S/C19H18N2O13S4/c1-2-5-35(24,25)11-3-4-14(22)13(8-11)20-21-18-16(38(32,33)34)7-10-6-12(36(26,27)28)9-15(37(29,30)31)17(10)19(18)23/h3-4,6-9,22-23H,2,5H2,1H3,(H,26,27,28)(H,29,30,31)(H,32,33,34)/b21-20+. The highest BCUT2D eigenvalue weighted by Crippen LogP contribution is 2.45. The second kappa shape index (κ2) is 9.84. The van der Waals surface area contributed by atoms with Crippen LogP contribution in [0.1, 0.15) is 13.3 Å². The van der Waals surface area contributed by atoms with Crippen molar-refractivity contribution in [1.29, 1.82) is 0 Å². The minimum Gasteiger partial charge on any atom is -0.506 e. The van der Waals surface area contributed by atoms with Crippen molar-refractivity contribution in [2.24, 2.45) is 10.2 Å². The van der Waals surface area contributed by atoms with Crippen LogP contribution < -0.4 is 0 Å². The van der Waals surface area contributed by atoms with Crippen LogP contribution in [0.4, 0.5) is 11.4 Å². The van der Waals surface area contributed by atoms with Gasteiger partial charge < -0.3 is 10.2 Å². The number of azo groups is 1. The van der Waals surface area contributed by atoms with Crippen LogP contribution >= 0.6 is 0 Å². The largest absolute Gasteiger partial charge is 0.506 e. The average molecular weight is 611 g/mol. The van der Waals surface area contributed by atoms with E-state index in [9.17, 15) is 57.5 Å². The molecule has 3 aromatic carbocycles. The lowest BCUT2D eigenvalue weighted by Crippen LogP contribution is -2.06. The summed E-state index contributed by atoms with van der Waals surface area (Å²) < 4.78 is 124. The summed E-state index contributed by atoms with van der Waals surface area (Å²) in [6.07, 6.45) is 0.262. The van der Waals surface area contributed by atoms with Gasteiger partial charge in [-0.15, -0.1) is 10.2 Å². The van der Waals surface area contributed by atoms with Crippen LogP contribution in [-0.2, 0) is 40.2 Å². The van der Waals surface area contributed by atoms with Crippen LogP contribution in [-0.4, -0.2) is 63.3 Å². The summed E-state index contributed by atoms with van der Waals surface area (Å²) in [7, 11) is -19.5. The highest BCUT2D eigenvalue weighted by Gasteiger charge is 2.28. The Labute approximate surface area is 216 Å². The number of rotatable bonds is 8. The SMILES string of the molecule is CCCS(=O)(=O)c1ccc(O)c(/N=N/c2c(S(=O)(=O)O)cc3cc(S(=O)(=O)O)cc(S(=O)(=O)O)c3c2O)c1. The van der Waals surface area contributed by atoms with Crippen LogP contribution in [0.5, 0.6) is 11.5 Å². The van der Waals surface area contributed by atoms with Crippen LogP contribution in [0.15, 0.2) is 66.2 Å². The summed E-state index contributed by atoms with van der Waals surface area (Å²) in [6.45, 7) is 1.61. The van der Waals surface area contributed by atoms with E-state index < -0.39 is 88.5 Å². The van der Waals surface area contributed by atoms with Gasteiger partial charge in [0, 0.05) is 5.39 Å². The first-order chi connectivity index (χ1) is 17.3. The molecule has 0 aliphatic heterocycles. The molecule has 38 heavy (non-hydrogen) atoms. The molecule has 0 radical (unpaired) electrons. The van der Waals surface area contributed by atoms with E-state index in [0.29, 0.717) is 12.1 Å². The van der Waals surface area contributed by atoms with Crippen LogP contribution in [0, 0.1) is 0 Å². The highest BCUT2D eigenvalue weighted by molar-refractivity contribution is 7.91. The average Bonchev–Trinajstić information content (AvgIpc) is 2.76. The van der Waals surface area contributed by atoms with Crippen molar-refractivity contribution < 1.29 is 57.5 Å². The first-order valence-corrected chi connectivity index (χ1v) is 16.0. The van der Waals surface area contributed by atoms with Crippen molar-refractivity contribution in [3.8, 4) is 11.5 Å². The van der Waals surface area contributed by atoms with Crippen molar-refractivity contribution >= 4 is 62.3 Å². The Kier molecular flexibility index (Phi) is 7.60. The van der Waals surface area contributed by atoms with E-state index in [1.807, 2.05) is 0 Å². The Balaban J connectivity index is 2.41. The molecular formula is C19H18N2O13S4. The topological polar surface area (TPSA) is 262 Å². The lowest BCUT2D eigenvalue weighted by molar-refractivity contribution is 0.469. The predicted molar refractivity (Wildman–Crippen MR) is 130 cm³/mol. The molecule has 0 saturated heterocycles. The minimum absolute atomic E-state index is 0.253. The van der Waals surface area contributed by atoms with Gasteiger partial charge in [0.15, 0.2) is 15.6 Å². The second-order valence-electron chi connectivity index (χ2n) is 7.69. The lowest BCUT2D eigenvalue weighted by Gasteiger charge is -2.12. The Bertz CT molecular complexity index is 1930. The molecule has 0 unspecified atom stereocenters. The summed E-state index contributed by atoms with van der Waals surface area (Å²) in [6, 6.07) is 4.20. The fraction of sp³-hybridized carbons (Fsp3) is 0.158. The van der Waals surface area contributed by atoms with Gasteiger partial charge in [0.25, 0.3) is 30.4 Å². The summed E-state index contributed by atoms with van der Waals surface area (Å²) in [5, 5.41) is 26.2. The molecule has 3 aromatic rings. The molecule has 0 heterocycles. The predicted octanol–water partition coefficient (Wildman–Crippen LogP) is 2.59. The Morgan fingerprint density at radius 3 is 1.84 bits per heavy atom. The van der Waals surface area contributed by atoms with E-state index in [1.165, 1.54) is 0 Å². The van der Waals surface area contributed by atoms with Gasteiger partial charge in [-0.1, -0.05) is 6.92 Å². The first kappa shape index (κ1) is 29.4. The van der Waals surface area contributed by atoms with Crippen LogP contribution in [0.25, 0.3) is 10.8 Å². The second-order valence-corrected chi connectivity index (χ2v) is 14.0. The van der Waals surface area contributed by atoms with E-state index in [2.05, 4.69) is 10.2 Å². The highest BCUT2D eigenvalue weighted by atomic mass is 32.2. The maximum absolute atomic E-state index is 12.3. The molecule has 0 spiro atoms. The molecule has 0 bridgehead atoms. The summed E-state index contributed by atoms with van der Waals surface area (Å²) >= 11 is 0. The maximum atomic E-state index is 12.3. The van der Waals surface area contributed by atoms with Gasteiger partial charge in [-0.3, -0.25) is 13.7 Å². The molecule has 5 N–H and O–H groups in total. The fourth-order valence-electron chi connectivity index (χ4n) is 3.34. The molecule has 19 heteroatoms. The number of aromatic hydroxyl groups is 2. The quantitative estimate of drug-likeness (QED) is 0.182. The van der Waals surface area contributed by atoms with Crippen LogP contribution in [0.2, 0.25) is 0 Å². The fourth-order valence-corrected chi connectivity index (χ4v) is 6.70. The molecule has 206 valence electrons. The molecule has 3 rings (SSSR count). The zero-order valence-corrected chi connectivity index (χ0v) is 22.2. The Morgan fingerprint density at radius 2 is 1.32 bits per heavy atom. The number of phenolic OH excluding ortho intramolecular Hbond substituents is 2. The molecule has 0 amide bonds. The van der Waals surface area contributed by atoms with Crippen molar-refractivity contribution in [3.63, 3.8) is 0 Å². The molecule has 15 nitrogen and oxygen atoms in total. The van der Waals surface area contributed by atoms with E-state index in [-0.39, 0.29) is 23.1 Å². The van der Waals surface area contributed by atoms with Gasteiger partial charge in [-0.2, -0.15) is 25.3 Å². The number of sulfone groups is 1. The van der Waals surface area contributed by atoms with Gasteiger partial charge in [0.1, 0.15) is 26.9 Å². The molecule has 0 aliphatic carbocycles. The van der Waals surface area contributed by atoms with E-state index in [4.69, 9.17) is 0 Å². The monoisotopic (exact) mass is 610 g/mol. The zero-order chi connectivity index (χ0) is 28.8. The van der Waals surface area contributed by atoms with Crippen LogP contribution in [0.3, 0.4) is 0 Å². The molecular weight excluding hydrogens is 592 g/mol. The Morgan fingerprint density at radius 1 is 0.711 bits per heavy atom. The number of fused-ring (bicyclic) bond motifs is 1. The van der Waals surface area contributed by atoms with E-state index in [0.717, 1.165) is 18.2 Å². The third-order valence-electron chi connectivity index (χ3n) is 4.98. The Hall–Kier alpha value is -3.20. The third-order valence-corrected chi connectivity index (χ3v) is 9.47. The van der Waals surface area contributed by atoms with Crippen molar-refractivity contribution in [2.75, 3.05) is 5.75 Å². The summed E-state index contributed by atoms with van der Waals surface area (Å²) in [5.41, 5.74) is -1.65. The summed E-state index contributed by atoms with van der Waals surface area (Å²) in [5.74, 6) is -2.21.